The average molecular weight is 394 g/mol. The Kier molecular flexibility index (Phi) is 5.84. The van der Waals surface area contributed by atoms with Crippen LogP contribution in [0.2, 0.25) is 0 Å². The van der Waals surface area contributed by atoms with Crippen LogP contribution in [0.3, 0.4) is 0 Å². The topological polar surface area (TPSA) is 29.1 Å². The van der Waals surface area contributed by atoms with Gasteiger partial charge in [-0.05, 0) is 66.2 Å². The van der Waals surface area contributed by atoms with Gasteiger partial charge < -0.3 is 5.32 Å². The number of hydrogen-bond donors (Lipinski definition) is 1. The van der Waals surface area contributed by atoms with Crippen LogP contribution < -0.4 is 5.32 Å². The standard InChI is InChI=1S/C21H32BrNO/c1-20(2,3)15-11-14(12-16(13-15)21(4,5)6)19(24)23-18-9-7-17(22)8-10-18/h7-10,14-16H,11-13H2,1-6H3,(H,23,24). The fourth-order valence-corrected chi connectivity index (χ4v) is 3.99. The van der Waals surface area contributed by atoms with Gasteiger partial charge in [-0.2, -0.15) is 0 Å². The second-order valence-electron chi connectivity index (χ2n) is 9.53. The first-order valence-electron chi connectivity index (χ1n) is 9.03. The fourth-order valence-electron chi connectivity index (χ4n) is 3.72. The van der Waals surface area contributed by atoms with Crippen molar-refractivity contribution in [2.24, 2.45) is 28.6 Å². The highest BCUT2D eigenvalue weighted by atomic mass is 79.9. The van der Waals surface area contributed by atoms with Crippen LogP contribution in [0.4, 0.5) is 5.69 Å². The van der Waals surface area contributed by atoms with E-state index in [-0.39, 0.29) is 22.7 Å². The average Bonchev–Trinajstić information content (AvgIpc) is 2.47. The molecule has 0 saturated heterocycles. The summed E-state index contributed by atoms with van der Waals surface area (Å²) in [6.07, 6.45) is 3.23. The molecule has 0 aromatic heterocycles. The number of rotatable bonds is 2. The summed E-state index contributed by atoms with van der Waals surface area (Å²) in [5, 5.41) is 3.12. The minimum Gasteiger partial charge on any atom is -0.326 e. The van der Waals surface area contributed by atoms with Crippen molar-refractivity contribution in [3.8, 4) is 0 Å². The van der Waals surface area contributed by atoms with Gasteiger partial charge in [0.1, 0.15) is 0 Å². The highest BCUT2D eigenvalue weighted by Gasteiger charge is 2.41. The van der Waals surface area contributed by atoms with Gasteiger partial charge in [0.2, 0.25) is 5.91 Å². The maximum absolute atomic E-state index is 12.9. The van der Waals surface area contributed by atoms with Crippen molar-refractivity contribution in [2.45, 2.75) is 60.8 Å². The molecule has 0 radical (unpaired) electrons. The summed E-state index contributed by atoms with van der Waals surface area (Å²) in [4.78, 5) is 12.9. The summed E-state index contributed by atoms with van der Waals surface area (Å²) < 4.78 is 1.03. The van der Waals surface area contributed by atoms with Gasteiger partial charge in [-0.25, -0.2) is 0 Å². The van der Waals surface area contributed by atoms with E-state index in [1.54, 1.807) is 0 Å². The summed E-state index contributed by atoms with van der Waals surface area (Å²) in [6.45, 7) is 13.9. The molecule has 1 aromatic carbocycles. The zero-order valence-corrected chi connectivity index (χ0v) is 17.5. The normalized spacial score (nSPS) is 25.4. The number of carbonyl (C=O) groups is 1. The van der Waals surface area contributed by atoms with Gasteiger partial charge in [0.25, 0.3) is 0 Å². The molecule has 2 unspecified atom stereocenters. The predicted octanol–water partition coefficient (Wildman–Crippen LogP) is 6.51. The highest BCUT2D eigenvalue weighted by Crippen LogP contribution is 2.48. The first kappa shape index (κ1) is 19.5. The van der Waals surface area contributed by atoms with E-state index in [1.165, 1.54) is 6.42 Å². The summed E-state index contributed by atoms with van der Waals surface area (Å²) in [7, 11) is 0. The van der Waals surface area contributed by atoms with Crippen LogP contribution in [0.1, 0.15) is 60.8 Å². The Morgan fingerprint density at radius 2 is 1.38 bits per heavy atom. The van der Waals surface area contributed by atoms with Crippen LogP contribution >= 0.6 is 15.9 Å². The molecule has 134 valence electrons. The van der Waals surface area contributed by atoms with Gasteiger partial charge in [0, 0.05) is 16.1 Å². The van der Waals surface area contributed by atoms with E-state index in [2.05, 4.69) is 62.8 Å². The molecule has 1 N–H and O–H groups in total. The highest BCUT2D eigenvalue weighted by molar-refractivity contribution is 9.10. The van der Waals surface area contributed by atoms with E-state index in [0.717, 1.165) is 23.0 Å². The molecule has 0 aliphatic heterocycles. The Bertz CT molecular complexity index is 543. The van der Waals surface area contributed by atoms with Crippen molar-refractivity contribution in [3.05, 3.63) is 28.7 Å². The van der Waals surface area contributed by atoms with Crippen LogP contribution in [0.15, 0.2) is 28.7 Å². The second-order valence-corrected chi connectivity index (χ2v) is 10.4. The zero-order chi connectivity index (χ0) is 18.1. The smallest absolute Gasteiger partial charge is 0.227 e. The molecule has 2 rings (SSSR count). The molecule has 2 atom stereocenters. The number of anilines is 1. The van der Waals surface area contributed by atoms with Gasteiger partial charge >= 0.3 is 0 Å². The van der Waals surface area contributed by atoms with E-state index < -0.39 is 0 Å². The Morgan fingerprint density at radius 3 is 1.79 bits per heavy atom. The SMILES string of the molecule is CC(C)(C)C1CC(C(=O)Nc2ccc(Br)cc2)CC(C(C)(C)C)C1. The first-order valence-corrected chi connectivity index (χ1v) is 9.82. The Morgan fingerprint density at radius 1 is 0.917 bits per heavy atom. The van der Waals surface area contributed by atoms with Crippen molar-refractivity contribution < 1.29 is 4.79 Å². The van der Waals surface area contributed by atoms with E-state index in [1.807, 2.05) is 24.3 Å². The molecular weight excluding hydrogens is 362 g/mol. The van der Waals surface area contributed by atoms with Crippen molar-refractivity contribution in [3.63, 3.8) is 0 Å². The molecule has 0 bridgehead atoms. The summed E-state index contributed by atoms with van der Waals surface area (Å²) in [5.41, 5.74) is 1.38. The predicted molar refractivity (Wildman–Crippen MR) is 106 cm³/mol. The Balaban J connectivity index is 2.14. The quantitative estimate of drug-likeness (QED) is 0.608. The lowest BCUT2D eigenvalue weighted by molar-refractivity contribution is -0.123. The molecule has 0 spiro atoms. The minimum atomic E-state index is 0.107. The van der Waals surface area contributed by atoms with Crippen molar-refractivity contribution in [1.29, 1.82) is 0 Å². The summed E-state index contributed by atoms with van der Waals surface area (Å²) in [5.74, 6) is 1.48. The first-order chi connectivity index (χ1) is 11.0. The molecular formula is C21H32BrNO. The largest absolute Gasteiger partial charge is 0.326 e. The van der Waals surface area contributed by atoms with E-state index in [4.69, 9.17) is 0 Å². The molecule has 1 aliphatic rings. The lowest BCUT2D eigenvalue weighted by Gasteiger charge is -2.45. The van der Waals surface area contributed by atoms with Crippen LogP contribution in [0.5, 0.6) is 0 Å². The molecule has 1 aliphatic carbocycles. The van der Waals surface area contributed by atoms with Crippen LogP contribution in [0, 0.1) is 28.6 Å². The minimum absolute atomic E-state index is 0.107. The van der Waals surface area contributed by atoms with E-state index in [0.29, 0.717) is 11.8 Å². The molecule has 1 fully saturated rings. The molecule has 1 aromatic rings. The maximum atomic E-state index is 12.9. The number of carbonyl (C=O) groups excluding carboxylic acids is 1. The lowest BCUT2D eigenvalue weighted by Crippen LogP contribution is -2.40. The molecule has 24 heavy (non-hydrogen) atoms. The third kappa shape index (κ3) is 5.08. The molecule has 3 heteroatoms. The monoisotopic (exact) mass is 393 g/mol. The molecule has 2 nitrogen and oxygen atoms in total. The third-order valence-corrected chi connectivity index (χ3v) is 6.17. The Labute approximate surface area is 155 Å². The van der Waals surface area contributed by atoms with Gasteiger partial charge in [-0.1, -0.05) is 57.5 Å². The van der Waals surface area contributed by atoms with Gasteiger partial charge in [0.05, 0.1) is 0 Å². The summed E-state index contributed by atoms with van der Waals surface area (Å²) >= 11 is 3.43. The van der Waals surface area contributed by atoms with Crippen LogP contribution in [-0.2, 0) is 4.79 Å². The van der Waals surface area contributed by atoms with Crippen molar-refractivity contribution >= 4 is 27.5 Å². The van der Waals surface area contributed by atoms with Crippen molar-refractivity contribution in [2.75, 3.05) is 5.32 Å². The van der Waals surface area contributed by atoms with E-state index in [9.17, 15) is 4.79 Å². The number of nitrogens with one attached hydrogen (secondary N) is 1. The number of amides is 1. The number of benzene rings is 1. The van der Waals surface area contributed by atoms with Crippen LogP contribution in [-0.4, -0.2) is 5.91 Å². The third-order valence-electron chi connectivity index (χ3n) is 5.64. The second kappa shape index (κ2) is 7.19. The Hall–Kier alpha value is -0.830. The van der Waals surface area contributed by atoms with Gasteiger partial charge in [-0.15, -0.1) is 0 Å². The molecule has 1 amide bonds. The van der Waals surface area contributed by atoms with Gasteiger partial charge in [0.15, 0.2) is 0 Å². The summed E-state index contributed by atoms with van der Waals surface area (Å²) in [6, 6.07) is 7.83. The number of hydrogen-bond acceptors (Lipinski definition) is 1. The van der Waals surface area contributed by atoms with Crippen molar-refractivity contribution in [1.82, 2.24) is 0 Å². The lowest BCUT2D eigenvalue weighted by atomic mass is 9.60. The molecule has 1 saturated carbocycles. The van der Waals surface area contributed by atoms with Crippen LogP contribution in [0.25, 0.3) is 0 Å². The maximum Gasteiger partial charge on any atom is 0.227 e. The van der Waals surface area contributed by atoms with Gasteiger partial charge in [-0.3, -0.25) is 4.79 Å². The zero-order valence-electron chi connectivity index (χ0n) is 15.9. The molecule has 0 heterocycles. The fraction of sp³-hybridized carbons (Fsp3) is 0.667. The number of halogens is 1. The van der Waals surface area contributed by atoms with E-state index >= 15 is 0 Å².